The zero-order chi connectivity index (χ0) is 13.4. The van der Waals surface area contributed by atoms with Crippen LogP contribution in [0.25, 0.3) is 10.9 Å². The number of halogens is 1. The topological polar surface area (TPSA) is 38.2 Å². The van der Waals surface area contributed by atoms with Gasteiger partial charge < -0.3 is 9.64 Å². The number of ether oxygens (including phenoxy) is 1. The van der Waals surface area contributed by atoms with Crippen LogP contribution in [-0.4, -0.2) is 44.1 Å². The molecule has 1 aromatic heterocycles. The van der Waals surface area contributed by atoms with Gasteiger partial charge in [0, 0.05) is 18.5 Å². The Morgan fingerprint density at radius 2 is 2.00 bits per heavy atom. The highest BCUT2D eigenvalue weighted by Gasteiger charge is 2.17. The smallest absolute Gasteiger partial charge is 0.224 e. The minimum Gasteiger partial charge on any atom is -0.378 e. The minimum absolute atomic E-state index is 0.266. The van der Waals surface area contributed by atoms with E-state index in [9.17, 15) is 0 Å². The van der Waals surface area contributed by atoms with Crippen molar-refractivity contribution in [2.24, 2.45) is 0 Å². The van der Waals surface area contributed by atoms with Gasteiger partial charge in [-0.3, -0.25) is 0 Å². The van der Waals surface area contributed by atoms with Gasteiger partial charge in [0.15, 0.2) is 0 Å². The Balaban J connectivity index is 2.21. The molecule has 1 aromatic carbocycles. The van der Waals surface area contributed by atoms with Crippen LogP contribution < -0.4 is 10.4 Å². The summed E-state index contributed by atoms with van der Waals surface area (Å²) >= 11 is 6.04. The van der Waals surface area contributed by atoms with Crippen LogP contribution in [0.15, 0.2) is 12.1 Å². The van der Waals surface area contributed by atoms with Gasteiger partial charge in [0.05, 0.1) is 18.7 Å². The quantitative estimate of drug-likeness (QED) is 0.578. The Morgan fingerprint density at radius 1 is 1.26 bits per heavy atom. The lowest BCUT2D eigenvalue weighted by Crippen LogP contribution is -2.37. The van der Waals surface area contributed by atoms with Gasteiger partial charge in [0.25, 0.3) is 0 Å². The molecule has 0 atom stereocenters. The maximum absolute atomic E-state index is 6.04. The third-order valence-corrected chi connectivity index (χ3v) is 3.45. The van der Waals surface area contributed by atoms with Crippen LogP contribution in [0.3, 0.4) is 0 Å². The van der Waals surface area contributed by atoms with E-state index in [2.05, 4.69) is 14.9 Å². The fraction of sp³-hybridized carbons (Fsp3) is 0.385. The number of hydrogen-bond donors (Lipinski definition) is 0. The molecule has 0 saturated carbocycles. The highest BCUT2D eigenvalue weighted by atomic mass is 35.5. The number of aryl methyl sites for hydroxylation is 1. The molecule has 0 spiro atoms. The van der Waals surface area contributed by atoms with Crippen LogP contribution in [0.2, 0.25) is 5.28 Å². The summed E-state index contributed by atoms with van der Waals surface area (Å²) in [6.07, 6.45) is 0. The number of fused-ring (bicyclic) bond motifs is 1. The fourth-order valence-corrected chi connectivity index (χ4v) is 2.57. The van der Waals surface area contributed by atoms with E-state index < -0.39 is 0 Å². The SMILES string of the molecule is [B]c1cc(C)c2nc(Cl)nc(N3CCOCC3)c2c1. The third-order valence-electron chi connectivity index (χ3n) is 3.28. The van der Waals surface area contributed by atoms with E-state index in [1.165, 1.54) is 0 Å². The zero-order valence-electron chi connectivity index (χ0n) is 10.7. The van der Waals surface area contributed by atoms with E-state index in [1.54, 1.807) is 0 Å². The van der Waals surface area contributed by atoms with Crippen molar-refractivity contribution < 1.29 is 4.74 Å². The van der Waals surface area contributed by atoms with Crippen LogP contribution in [0, 0.1) is 6.92 Å². The molecule has 2 aromatic rings. The molecule has 1 saturated heterocycles. The van der Waals surface area contributed by atoms with E-state index in [0.29, 0.717) is 18.7 Å². The molecule has 0 amide bonds. The summed E-state index contributed by atoms with van der Waals surface area (Å²) in [5.74, 6) is 0.841. The van der Waals surface area contributed by atoms with Crippen molar-refractivity contribution in [2.75, 3.05) is 31.2 Å². The highest BCUT2D eigenvalue weighted by Crippen LogP contribution is 2.27. The molecular weight excluding hydrogens is 260 g/mol. The van der Waals surface area contributed by atoms with Crippen LogP contribution in [0.5, 0.6) is 0 Å². The molecule has 6 heteroatoms. The maximum Gasteiger partial charge on any atom is 0.224 e. The third kappa shape index (κ3) is 2.40. The lowest BCUT2D eigenvalue weighted by atomic mass is 9.92. The van der Waals surface area contributed by atoms with Gasteiger partial charge in [-0.15, -0.1) is 0 Å². The Morgan fingerprint density at radius 3 is 2.74 bits per heavy atom. The van der Waals surface area contributed by atoms with E-state index in [1.807, 2.05) is 19.1 Å². The first-order valence-electron chi connectivity index (χ1n) is 6.21. The number of nitrogens with zero attached hydrogens (tertiary/aromatic N) is 3. The first-order chi connectivity index (χ1) is 9.15. The first kappa shape index (κ1) is 12.7. The van der Waals surface area contributed by atoms with Gasteiger partial charge >= 0.3 is 0 Å². The second kappa shape index (κ2) is 4.98. The summed E-state index contributed by atoms with van der Waals surface area (Å²) < 4.78 is 5.37. The predicted octanol–water partition coefficient (Wildman–Crippen LogP) is 1.22. The lowest BCUT2D eigenvalue weighted by Gasteiger charge is -2.29. The molecule has 2 radical (unpaired) electrons. The van der Waals surface area contributed by atoms with Crippen LogP contribution in [0.4, 0.5) is 5.82 Å². The second-order valence-electron chi connectivity index (χ2n) is 4.65. The number of rotatable bonds is 1. The standard InChI is InChI=1S/C13H13BClN3O/c1-8-6-9(14)7-10-11(8)16-13(15)17-12(10)18-2-4-19-5-3-18/h6-7H,2-5H2,1H3. The van der Waals surface area contributed by atoms with Gasteiger partial charge in [0.1, 0.15) is 13.7 Å². The lowest BCUT2D eigenvalue weighted by molar-refractivity contribution is 0.122. The van der Waals surface area contributed by atoms with Crippen molar-refractivity contribution in [2.45, 2.75) is 6.92 Å². The summed E-state index contributed by atoms with van der Waals surface area (Å²) in [6, 6.07) is 3.80. The summed E-state index contributed by atoms with van der Waals surface area (Å²) in [4.78, 5) is 10.9. The largest absolute Gasteiger partial charge is 0.378 e. The van der Waals surface area contributed by atoms with Crippen LogP contribution in [-0.2, 0) is 4.74 Å². The van der Waals surface area contributed by atoms with Gasteiger partial charge in [-0.1, -0.05) is 17.6 Å². The number of morpholine rings is 1. The molecule has 0 aliphatic carbocycles. The van der Waals surface area contributed by atoms with Crippen molar-refractivity contribution in [1.29, 1.82) is 0 Å². The summed E-state index contributed by atoms with van der Waals surface area (Å²) in [7, 11) is 5.93. The number of hydrogen-bond acceptors (Lipinski definition) is 4. The van der Waals surface area contributed by atoms with E-state index >= 15 is 0 Å². The highest BCUT2D eigenvalue weighted by molar-refractivity contribution is 6.33. The van der Waals surface area contributed by atoms with Crippen molar-refractivity contribution >= 4 is 41.6 Å². The molecule has 96 valence electrons. The summed E-state index contributed by atoms with van der Waals surface area (Å²) in [6.45, 7) is 4.98. The molecule has 1 aliphatic heterocycles. The fourth-order valence-electron chi connectivity index (χ4n) is 2.41. The Hall–Kier alpha value is -1.33. The molecule has 1 aliphatic rings. The van der Waals surface area contributed by atoms with Crippen molar-refractivity contribution in [3.63, 3.8) is 0 Å². The van der Waals surface area contributed by atoms with E-state index in [-0.39, 0.29) is 5.28 Å². The van der Waals surface area contributed by atoms with Crippen LogP contribution in [0.1, 0.15) is 5.56 Å². The minimum atomic E-state index is 0.266. The predicted molar refractivity (Wildman–Crippen MR) is 77.7 cm³/mol. The van der Waals surface area contributed by atoms with E-state index in [0.717, 1.165) is 35.4 Å². The van der Waals surface area contributed by atoms with Crippen molar-refractivity contribution in [3.05, 3.63) is 23.0 Å². The van der Waals surface area contributed by atoms with Gasteiger partial charge in [-0.2, -0.15) is 4.98 Å². The number of anilines is 1. The molecule has 3 rings (SSSR count). The second-order valence-corrected chi connectivity index (χ2v) is 4.99. The molecule has 2 heterocycles. The molecule has 4 nitrogen and oxygen atoms in total. The average Bonchev–Trinajstić information content (AvgIpc) is 2.40. The molecule has 0 bridgehead atoms. The number of aromatic nitrogens is 2. The normalized spacial score (nSPS) is 16.0. The summed E-state index contributed by atoms with van der Waals surface area (Å²) in [5.41, 5.74) is 2.58. The van der Waals surface area contributed by atoms with Gasteiger partial charge in [-0.25, -0.2) is 4.98 Å². The van der Waals surface area contributed by atoms with Crippen molar-refractivity contribution in [3.8, 4) is 0 Å². The van der Waals surface area contributed by atoms with Gasteiger partial charge in [-0.05, 0) is 24.1 Å². The van der Waals surface area contributed by atoms with E-state index in [4.69, 9.17) is 24.2 Å². The van der Waals surface area contributed by atoms with Crippen LogP contribution >= 0.6 is 11.6 Å². The zero-order valence-corrected chi connectivity index (χ0v) is 11.4. The average molecular weight is 274 g/mol. The van der Waals surface area contributed by atoms with Gasteiger partial charge in [0.2, 0.25) is 5.28 Å². The Labute approximate surface area is 118 Å². The molecule has 1 fully saturated rings. The molecule has 19 heavy (non-hydrogen) atoms. The maximum atomic E-state index is 6.04. The molecule has 0 N–H and O–H groups in total. The Bertz CT molecular complexity index is 629. The Kier molecular flexibility index (Phi) is 3.33. The van der Waals surface area contributed by atoms with Crippen molar-refractivity contribution in [1.82, 2.24) is 9.97 Å². The summed E-state index contributed by atoms with van der Waals surface area (Å²) in [5, 5.41) is 1.21. The molecular formula is C13H13BClN3O. The first-order valence-corrected chi connectivity index (χ1v) is 6.59. The molecule has 0 unspecified atom stereocenters. The monoisotopic (exact) mass is 273 g/mol. The number of benzene rings is 1.